The molecule has 2 atom stereocenters. The van der Waals surface area contributed by atoms with Crippen molar-refractivity contribution < 1.29 is 33.5 Å². The van der Waals surface area contributed by atoms with Crippen molar-refractivity contribution in [1.82, 2.24) is 20.2 Å². The molecule has 4 heterocycles. The van der Waals surface area contributed by atoms with Gasteiger partial charge in [-0.1, -0.05) is 154 Å². The number of benzene rings is 3. The molecule has 15 heteroatoms. The summed E-state index contributed by atoms with van der Waals surface area (Å²) in [5, 5.41) is 8.55. The molecule has 3 aromatic carbocycles. The quantitative estimate of drug-likeness (QED) is 0.0147. The van der Waals surface area contributed by atoms with Gasteiger partial charge in [-0.05, 0) is 30.0 Å². The molecule has 1 saturated heterocycles. The van der Waals surface area contributed by atoms with Gasteiger partial charge in [0.1, 0.15) is 29.4 Å². The van der Waals surface area contributed by atoms with E-state index in [1.54, 1.807) is 42.1 Å². The third-order valence-corrected chi connectivity index (χ3v) is 12.7. The fraction of sp³-hybridized carbons (Fsp3) is 0.260. The number of allylic oxidation sites excluding steroid dienone is 2. The largest absolute Gasteiger partial charge is 0.462 e. The molecule has 5 aromatic rings. The van der Waals surface area contributed by atoms with E-state index in [0.717, 1.165) is 59.3 Å². The van der Waals surface area contributed by atoms with Gasteiger partial charge in [-0.15, -0.1) is 23.1 Å². The Kier molecular flexibility index (Phi) is 15.8. The number of nitrogens with one attached hydrogen (secondary N) is 1. The number of carbonyl (C=O) groups is 4. The number of rotatable bonds is 20. The zero-order valence-electron chi connectivity index (χ0n) is 36.1. The molecule has 2 aliphatic rings. The lowest BCUT2D eigenvalue weighted by Gasteiger charge is -2.49. The van der Waals surface area contributed by atoms with E-state index < -0.39 is 40.8 Å². The van der Waals surface area contributed by atoms with E-state index in [1.807, 2.05) is 104 Å². The minimum absolute atomic E-state index is 0.0102. The molecule has 65 heavy (non-hydrogen) atoms. The summed E-state index contributed by atoms with van der Waals surface area (Å²) in [6, 6.07) is 31.3. The van der Waals surface area contributed by atoms with Crippen LogP contribution in [0.2, 0.25) is 0 Å². The first-order valence-electron chi connectivity index (χ1n) is 21.5. The number of hydrogen-bond acceptors (Lipinski definition) is 13. The number of thioether (sulfide) groups is 1. The Hall–Kier alpha value is -6.84. The lowest BCUT2D eigenvalue weighted by molar-refractivity contribution is -0.152. The van der Waals surface area contributed by atoms with Gasteiger partial charge in [-0.2, -0.15) is 0 Å². The van der Waals surface area contributed by atoms with Crippen LogP contribution in [0.1, 0.15) is 73.9 Å². The Balaban J connectivity index is 1.17. The number of esters is 2. The predicted molar refractivity (Wildman–Crippen MR) is 253 cm³/mol. The third-order valence-electron chi connectivity index (χ3n) is 10.7. The van der Waals surface area contributed by atoms with Crippen LogP contribution in [0.25, 0.3) is 6.08 Å². The average molecular weight is 911 g/mol. The number of amides is 2. The van der Waals surface area contributed by atoms with Crippen molar-refractivity contribution >= 4 is 63.8 Å². The summed E-state index contributed by atoms with van der Waals surface area (Å²) in [6.07, 6.45) is 12.8. The fourth-order valence-corrected chi connectivity index (χ4v) is 9.34. The highest BCUT2D eigenvalue weighted by atomic mass is 32.2. The molecular formula is C50H50N6O7S2. The van der Waals surface area contributed by atoms with Gasteiger partial charge in [0, 0.05) is 40.2 Å². The van der Waals surface area contributed by atoms with Crippen LogP contribution in [0.5, 0.6) is 0 Å². The van der Waals surface area contributed by atoms with Gasteiger partial charge in [0.15, 0.2) is 10.8 Å². The summed E-state index contributed by atoms with van der Waals surface area (Å²) in [7, 11) is 0. The van der Waals surface area contributed by atoms with Crippen LogP contribution < -0.4 is 11.1 Å². The molecule has 0 aliphatic carbocycles. The van der Waals surface area contributed by atoms with Gasteiger partial charge in [-0.3, -0.25) is 19.5 Å². The molecule has 334 valence electrons. The van der Waals surface area contributed by atoms with Gasteiger partial charge >= 0.3 is 11.9 Å². The molecule has 13 nitrogen and oxygen atoms in total. The zero-order valence-corrected chi connectivity index (χ0v) is 37.8. The standard InChI is InChI=1S/C50H50N6O7S2/c1-3-5-6-16-29-61-47(59)35(18-4-2)31-62-48(60)43-36(27-26-34-19-17-28-52-30-34)32-64-46-42(45(58)56(43)46)54-44(57)41(40-33-65-49(51)53-40)55-63-50(37-20-10-7-11-21-37,38-22-12-8-13-23-38)39-24-14-9-15-25-39/h7-15,17-28,30,33,42,46H,3-6,16,29,31-32H2,1-2H3,(H2,51,53)(H,54,57)/b27-26-,35-18+,55-41+/t42-,46-/m1/s1. The number of oxime groups is 1. The van der Waals surface area contributed by atoms with Crippen molar-refractivity contribution in [2.45, 2.75) is 63.0 Å². The normalized spacial score (nSPS) is 16.5. The van der Waals surface area contributed by atoms with Gasteiger partial charge in [0.05, 0.1) is 12.2 Å². The number of aromatic nitrogens is 2. The zero-order chi connectivity index (χ0) is 45.6. The highest BCUT2D eigenvalue weighted by Crippen LogP contribution is 2.43. The highest BCUT2D eigenvalue weighted by molar-refractivity contribution is 8.00. The number of thiazole rings is 1. The number of fused-ring (bicyclic) bond motifs is 1. The van der Waals surface area contributed by atoms with Crippen LogP contribution in [-0.2, 0) is 39.1 Å². The number of nitrogen functional groups attached to an aromatic ring is 1. The molecule has 0 saturated carbocycles. The van der Waals surface area contributed by atoms with Gasteiger partial charge < -0.3 is 25.4 Å². The van der Waals surface area contributed by atoms with Crippen molar-refractivity contribution in [2.75, 3.05) is 24.7 Å². The number of carbonyl (C=O) groups excluding carboxylic acids is 4. The van der Waals surface area contributed by atoms with Crippen LogP contribution in [0.4, 0.5) is 5.13 Å². The van der Waals surface area contributed by atoms with E-state index >= 15 is 0 Å². The summed E-state index contributed by atoms with van der Waals surface area (Å²) in [5.41, 5.74) is 8.46. The molecule has 0 unspecified atom stereocenters. The fourth-order valence-electron chi connectivity index (χ4n) is 7.48. The monoisotopic (exact) mass is 910 g/mol. The van der Waals surface area contributed by atoms with Crippen LogP contribution in [0.15, 0.2) is 155 Å². The molecule has 1 fully saturated rings. The van der Waals surface area contributed by atoms with Crippen molar-refractivity contribution in [3.8, 4) is 0 Å². The third kappa shape index (κ3) is 10.8. The molecule has 2 amide bonds. The van der Waals surface area contributed by atoms with Crippen molar-refractivity contribution in [3.63, 3.8) is 0 Å². The van der Waals surface area contributed by atoms with Crippen molar-refractivity contribution in [2.24, 2.45) is 5.16 Å². The molecule has 7 rings (SSSR count). The lowest BCUT2D eigenvalue weighted by Crippen LogP contribution is -2.71. The molecular weight excluding hydrogens is 861 g/mol. The summed E-state index contributed by atoms with van der Waals surface area (Å²) in [5.74, 6) is -2.35. The Morgan fingerprint density at radius 2 is 1.57 bits per heavy atom. The molecule has 0 bridgehead atoms. The minimum atomic E-state index is -1.32. The number of anilines is 1. The second-order valence-corrected chi connectivity index (χ2v) is 17.1. The van der Waals surface area contributed by atoms with Gasteiger partial charge in [-0.25, -0.2) is 14.6 Å². The highest BCUT2D eigenvalue weighted by Gasteiger charge is 2.54. The maximum absolute atomic E-state index is 14.5. The van der Waals surface area contributed by atoms with Crippen LogP contribution in [0, 0.1) is 0 Å². The average Bonchev–Trinajstić information content (AvgIpc) is 3.78. The Morgan fingerprint density at radius 3 is 2.15 bits per heavy atom. The Bertz CT molecular complexity index is 2470. The number of pyridine rings is 1. The van der Waals surface area contributed by atoms with Gasteiger partial charge in [0.2, 0.25) is 5.60 Å². The van der Waals surface area contributed by atoms with E-state index in [9.17, 15) is 19.2 Å². The van der Waals surface area contributed by atoms with E-state index in [0.29, 0.717) is 17.7 Å². The first-order valence-corrected chi connectivity index (χ1v) is 23.4. The van der Waals surface area contributed by atoms with Crippen molar-refractivity contribution in [3.05, 3.63) is 178 Å². The number of nitrogens with two attached hydrogens (primary N) is 1. The number of hydrogen-bond donors (Lipinski definition) is 2. The minimum Gasteiger partial charge on any atom is -0.462 e. The Labute approximate surface area is 386 Å². The van der Waals surface area contributed by atoms with Crippen molar-refractivity contribution in [1.29, 1.82) is 0 Å². The smallest absolute Gasteiger partial charge is 0.355 e. The van der Waals surface area contributed by atoms with Gasteiger partial charge in [0.25, 0.3) is 11.8 Å². The molecule has 0 spiro atoms. The first kappa shape index (κ1) is 46.2. The number of nitrogens with zero attached hydrogens (tertiary/aromatic N) is 4. The Morgan fingerprint density at radius 1 is 0.892 bits per heavy atom. The second-order valence-electron chi connectivity index (χ2n) is 15.1. The molecule has 2 aromatic heterocycles. The topological polar surface area (TPSA) is 175 Å². The van der Waals surface area contributed by atoms with Crippen LogP contribution in [-0.4, -0.2) is 74.7 Å². The summed E-state index contributed by atoms with van der Waals surface area (Å²) >= 11 is 2.50. The maximum atomic E-state index is 14.5. The molecule has 0 radical (unpaired) electrons. The summed E-state index contributed by atoms with van der Waals surface area (Å²) in [6.45, 7) is 3.89. The van der Waals surface area contributed by atoms with Crippen LogP contribution >= 0.6 is 23.1 Å². The van der Waals surface area contributed by atoms with E-state index in [-0.39, 0.29) is 41.0 Å². The van der Waals surface area contributed by atoms with E-state index in [2.05, 4.69) is 27.4 Å². The lowest BCUT2D eigenvalue weighted by atomic mass is 9.80. The second kappa shape index (κ2) is 22.2. The predicted octanol–water partition coefficient (Wildman–Crippen LogP) is 8.20. The number of unbranched alkanes of at least 4 members (excludes halogenated alkanes) is 3. The van der Waals surface area contributed by atoms with E-state index in [4.69, 9.17) is 20.0 Å². The number of β-lactam (4-membered cyclic amide) rings is 1. The van der Waals surface area contributed by atoms with Crippen LogP contribution in [0.3, 0.4) is 0 Å². The summed E-state index contributed by atoms with van der Waals surface area (Å²) in [4.78, 5) is 72.5. The maximum Gasteiger partial charge on any atom is 0.355 e. The summed E-state index contributed by atoms with van der Waals surface area (Å²) < 4.78 is 11.3. The van der Waals surface area contributed by atoms with E-state index in [1.165, 1.54) is 16.7 Å². The number of ether oxygens (including phenoxy) is 2. The molecule has 2 aliphatic heterocycles. The first-order chi connectivity index (χ1) is 31.7. The SMILES string of the molecule is CC/C=C(\COC(=O)C1=C(/C=C\c2cccnc2)CS[C@@H]2[C@H](NC(=O)/C(=N/OC(c3ccccc3)(c3ccccc3)c3ccccc3)c3csc(N)n3)C(=O)N12)C(=O)OCCCCCC. The molecule has 3 N–H and O–H groups in total.